The Morgan fingerprint density at radius 1 is 1.03 bits per heavy atom. The summed E-state index contributed by atoms with van der Waals surface area (Å²) in [5, 5.41) is 31.9. The van der Waals surface area contributed by atoms with Crippen LogP contribution in [0.4, 0.5) is 0 Å². The van der Waals surface area contributed by atoms with Crippen LogP contribution >= 0.6 is 24.4 Å². The number of benzene rings is 2. The number of methoxy groups -OCH3 is 1. The Morgan fingerprint density at radius 2 is 1.71 bits per heavy atom. The molecule has 1 aliphatic heterocycles. The molecule has 0 radical (unpaired) electrons. The number of carbonyl (C=O) groups is 4. The molecule has 198 valence electrons. The number of hydrogen-bond acceptors (Lipinski definition) is 10. The van der Waals surface area contributed by atoms with Crippen LogP contribution in [-0.2, 0) is 9.59 Å². The van der Waals surface area contributed by atoms with Gasteiger partial charge in [-0.3, -0.25) is 30.0 Å². The second-order valence-electron chi connectivity index (χ2n) is 9.42. The summed E-state index contributed by atoms with van der Waals surface area (Å²) >= 11 is 5.45. The van der Waals surface area contributed by atoms with E-state index in [1.807, 2.05) is 0 Å². The zero-order valence-electron chi connectivity index (χ0n) is 20.0. The highest BCUT2D eigenvalue weighted by Crippen LogP contribution is 2.53. The first kappa shape index (κ1) is 26.1. The molecule has 38 heavy (non-hydrogen) atoms. The number of aliphatic hydroxyl groups is 2. The number of phenols is 1. The van der Waals surface area contributed by atoms with Gasteiger partial charge in [0.15, 0.2) is 11.6 Å². The first-order chi connectivity index (χ1) is 18.1. The van der Waals surface area contributed by atoms with Gasteiger partial charge in [-0.05, 0) is 42.7 Å². The van der Waals surface area contributed by atoms with Gasteiger partial charge in [-0.2, -0.15) is 0 Å². The maximum atomic E-state index is 13.4. The van der Waals surface area contributed by atoms with Crippen LogP contribution in [0.25, 0.3) is 0 Å². The highest BCUT2D eigenvalue weighted by molar-refractivity contribution is 8.00. The van der Waals surface area contributed by atoms with Gasteiger partial charge in [0.2, 0.25) is 0 Å². The number of allylic oxidation sites excluding steroid dienone is 1. The summed E-state index contributed by atoms with van der Waals surface area (Å²) in [4.78, 5) is 53.1. The molecule has 1 fully saturated rings. The summed E-state index contributed by atoms with van der Waals surface area (Å²) < 4.78 is 5.18. The predicted octanol–water partition coefficient (Wildman–Crippen LogP) is 2.21. The minimum Gasteiger partial charge on any atom is -0.511 e. The van der Waals surface area contributed by atoms with E-state index in [4.69, 9.17) is 4.74 Å². The number of fused-ring (bicyclic) bond motifs is 3. The molecular weight excluding hydrogens is 532 g/mol. The van der Waals surface area contributed by atoms with E-state index in [1.165, 1.54) is 37.1 Å². The highest BCUT2D eigenvalue weighted by Gasteiger charge is 2.55. The van der Waals surface area contributed by atoms with Gasteiger partial charge in [0.1, 0.15) is 22.8 Å². The van der Waals surface area contributed by atoms with Crippen LogP contribution in [0.1, 0.15) is 33.6 Å². The molecule has 1 saturated carbocycles. The van der Waals surface area contributed by atoms with Crippen molar-refractivity contribution in [3.63, 3.8) is 0 Å². The molecule has 0 bridgehead atoms. The number of Topliss-reactive ketones (excluding diaryl/α,β-unsaturated/α-hetero) is 2. The van der Waals surface area contributed by atoms with E-state index < -0.39 is 63.8 Å². The fourth-order valence-corrected chi connectivity index (χ4v) is 7.22. The Hall–Kier alpha value is -3.48. The number of ether oxygens (including phenoxy) is 1. The van der Waals surface area contributed by atoms with Gasteiger partial charge in [-0.25, -0.2) is 0 Å². The lowest BCUT2D eigenvalue weighted by Crippen LogP contribution is -2.55. The van der Waals surface area contributed by atoms with Crippen molar-refractivity contribution in [2.75, 3.05) is 7.11 Å². The number of ketones is 2. The van der Waals surface area contributed by atoms with Gasteiger partial charge in [0.25, 0.3) is 11.8 Å². The number of rotatable bonds is 3. The van der Waals surface area contributed by atoms with Crippen LogP contribution < -0.4 is 15.6 Å². The zero-order valence-corrected chi connectivity index (χ0v) is 21.7. The molecule has 0 saturated heterocycles. The molecule has 1 heterocycles. The number of hydrazine groups is 1. The minimum atomic E-state index is -1.44. The van der Waals surface area contributed by atoms with Crippen molar-refractivity contribution < 1.29 is 39.2 Å². The van der Waals surface area contributed by atoms with Gasteiger partial charge >= 0.3 is 0 Å². The number of aromatic hydroxyl groups is 1. The Bertz CT molecular complexity index is 1390. The molecule has 3 aliphatic rings. The van der Waals surface area contributed by atoms with Gasteiger partial charge in [-0.15, -0.1) is 24.4 Å². The lowest BCUT2D eigenvalue weighted by atomic mass is 9.63. The number of thiol groups is 1. The molecule has 5 rings (SSSR count). The molecule has 2 amide bonds. The molecular formula is C26H24N2O8S2. The molecule has 5 N–H and O–H groups in total. The van der Waals surface area contributed by atoms with E-state index in [9.17, 15) is 34.5 Å². The Balaban J connectivity index is 1.36. The van der Waals surface area contributed by atoms with E-state index in [0.717, 1.165) is 0 Å². The third kappa shape index (κ3) is 4.42. The fraction of sp³-hybridized carbons (Fsp3) is 0.308. The second-order valence-corrected chi connectivity index (χ2v) is 11.2. The van der Waals surface area contributed by atoms with E-state index in [1.54, 1.807) is 18.2 Å². The van der Waals surface area contributed by atoms with Crippen LogP contribution in [0.5, 0.6) is 11.5 Å². The first-order valence-electron chi connectivity index (χ1n) is 11.8. The Morgan fingerprint density at radius 3 is 2.39 bits per heavy atom. The minimum absolute atomic E-state index is 0.0538. The van der Waals surface area contributed by atoms with Gasteiger partial charge in [-0.1, -0.05) is 0 Å². The molecule has 10 nitrogen and oxygen atoms in total. The van der Waals surface area contributed by atoms with Crippen molar-refractivity contribution in [3.8, 4) is 11.5 Å². The second kappa shape index (κ2) is 10.0. The molecule has 0 spiro atoms. The number of amides is 2. The van der Waals surface area contributed by atoms with Gasteiger partial charge < -0.3 is 20.1 Å². The van der Waals surface area contributed by atoms with E-state index in [0.29, 0.717) is 22.0 Å². The van der Waals surface area contributed by atoms with Crippen LogP contribution in [0, 0.1) is 17.8 Å². The van der Waals surface area contributed by atoms with Crippen molar-refractivity contribution in [3.05, 3.63) is 58.9 Å². The van der Waals surface area contributed by atoms with Crippen molar-refractivity contribution in [2.24, 2.45) is 17.8 Å². The lowest BCUT2D eigenvalue weighted by molar-refractivity contribution is -0.133. The molecule has 2 aromatic rings. The molecule has 2 aliphatic carbocycles. The van der Waals surface area contributed by atoms with Crippen LogP contribution in [0.2, 0.25) is 0 Å². The van der Waals surface area contributed by atoms with E-state index in [-0.39, 0.29) is 23.3 Å². The van der Waals surface area contributed by atoms with Crippen molar-refractivity contribution in [1.29, 1.82) is 0 Å². The predicted molar refractivity (Wildman–Crippen MR) is 138 cm³/mol. The molecule has 5 atom stereocenters. The lowest BCUT2D eigenvalue weighted by Gasteiger charge is -2.47. The van der Waals surface area contributed by atoms with Crippen LogP contribution in [0.15, 0.2) is 57.5 Å². The van der Waals surface area contributed by atoms with Crippen molar-refractivity contribution in [2.45, 2.75) is 34.0 Å². The fourth-order valence-electron chi connectivity index (χ4n) is 5.47. The summed E-state index contributed by atoms with van der Waals surface area (Å²) in [6.07, 6.45) is -1.17. The number of carbonyl (C=O) groups excluding carboxylic acids is 4. The molecule has 12 heteroatoms. The molecule has 0 aromatic heterocycles. The average Bonchev–Trinajstić information content (AvgIpc) is 2.86. The van der Waals surface area contributed by atoms with Crippen molar-refractivity contribution in [1.82, 2.24) is 10.9 Å². The highest BCUT2D eigenvalue weighted by atomic mass is 32.2. The standard InChI is InChI=1S/C26H24N2O8S2/c1-36-12-8-15(30)19-17(9-12)38-16-7-11-6-14(29)20(22(31)18(11)23(32)21(16)24(19)33)26(35)28-27-25(34)10-2-4-13(37)5-3-10/h2-5,8-9,11,16,18,21,23,29-30,32,37H,6-7H2,1H3,(H,27,34)(H,28,35). The number of aliphatic hydroxyl groups excluding tert-OH is 2. The SMILES string of the molecule is COc1cc(O)c2c(c1)SC1CC3CC(O)=C(C(=O)NNC(=O)c4ccc(S)cc4)C(=O)C3C(O)C1C2=O. The summed E-state index contributed by atoms with van der Waals surface area (Å²) in [7, 11) is 1.44. The summed E-state index contributed by atoms with van der Waals surface area (Å²) in [6, 6.07) is 9.13. The Labute approximate surface area is 226 Å². The van der Waals surface area contributed by atoms with Gasteiger partial charge in [0.05, 0.1) is 30.6 Å². The molecule has 5 unspecified atom stereocenters. The van der Waals surface area contributed by atoms with E-state index >= 15 is 0 Å². The topological polar surface area (TPSA) is 162 Å². The smallest absolute Gasteiger partial charge is 0.276 e. The number of hydrogen-bond donors (Lipinski definition) is 6. The maximum absolute atomic E-state index is 13.4. The van der Waals surface area contributed by atoms with E-state index in [2.05, 4.69) is 23.5 Å². The third-order valence-corrected chi connectivity index (χ3v) is 8.90. The number of nitrogens with one attached hydrogen (secondary N) is 2. The number of thioether (sulfide) groups is 1. The largest absolute Gasteiger partial charge is 0.511 e. The van der Waals surface area contributed by atoms with Crippen molar-refractivity contribution >= 4 is 47.8 Å². The summed E-state index contributed by atoms with van der Waals surface area (Å²) in [5.41, 5.74) is 4.06. The normalized spacial score (nSPS) is 26.1. The first-order valence-corrected chi connectivity index (χ1v) is 13.1. The Kier molecular flexibility index (Phi) is 6.88. The molecule has 2 aromatic carbocycles. The zero-order chi connectivity index (χ0) is 27.3. The average molecular weight is 557 g/mol. The summed E-state index contributed by atoms with van der Waals surface area (Å²) in [6.45, 7) is 0. The summed E-state index contributed by atoms with van der Waals surface area (Å²) in [5.74, 6) is -5.93. The monoisotopic (exact) mass is 556 g/mol. The van der Waals surface area contributed by atoms with Crippen LogP contribution in [0.3, 0.4) is 0 Å². The third-order valence-electron chi connectivity index (χ3n) is 7.24. The van der Waals surface area contributed by atoms with Crippen LogP contribution in [-0.4, -0.2) is 57.2 Å². The number of phenolic OH excluding ortho intramolecular Hbond substituents is 1. The quantitative estimate of drug-likeness (QED) is 0.189. The maximum Gasteiger partial charge on any atom is 0.276 e. The van der Waals surface area contributed by atoms with Gasteiger partial charge in [0, 0.05) is 33.1 Å².